The molecule has 6 nitrogen and oxygen atoms in total. The number of aliphatic hydroxyl groups excluding tert-OH is 2. The number of ether oxygens (including phenoxy) is 2. The standard InChI is InChI=1S/C18H30O2.C10H11NO3/c1-12-4-5-13-10-14(6-8-17(12,13)2)18(3)9-7-15(19)11-16(18)20;1-2-11-10(12)7-3-4-8-9(5-7)14-6-13-8/h13-16,19-20H,1,4-11H2,2-3H3;3-5H,2,6H2,1H3,(H,11,12). The van der Waals surface area contributed by atoms with E-state index in [-0.39, 0.29) is 30.3 Å². The number of benzene rings is 1. The minimum Gasteiger partial charge on any atom is -0.454 e. The largest absolute Gasteiger partial charge is 0.454 e. The third kappa shape index (κ3) is 4.72. The Morgan fingerprint density at radius 2 is 1.85 bits per heavy atom. The summed E-state index contributed by atoms with van der Waals surface area (Å²) >= 11 is 0. The lowest BCUT2D eigenvalue weighted by Crippen LogP contribution is -2.48. The van der Waals surface area contributed by atoms with E-state index in [9.17, 15) is 15.0 Å². The third-order valence-corrected chi connectivity index (χ3v) is 9.26. The Morgan fingerprint density at radius 3 is 2.59 bits per heavy atom. The molecule has 0 radical (unpaired) electrons. The molecule has 6 heteroatoms. The van der Waals surface area contributed by atoms with Gasteiger partial charge in [-0.2, -0.15) is 0 Å². The van der Waals surface area contributed by atoms with E-state index >= 15 is 0 Å². The first-order valence-corrected chi connectivity index (χ1v) is 12.9. The van der Waals surface area contributed by atoms with Gasteiger partial charge in [-0.25, -0.2) is 0 Å². The molecule has 0 aromatic heterocycles. The fourth-order valence-electron chi connectivity index (χ4n) is 6.60. The van der Waals surface area contributed by atoms with Gasteiger partial charge in [-0.1, -0.05) is 26.0 Å². The lowest BCUT2D eigenvalue weighted by atomic mass is 9.55. The lowest BCUT2D eigenvalue weighted by molar-refractivity contribution is -0.0968. The van der Waals surface area contributed by atoms with E-state index in [0.717, 1.165) is 18.8 Å². The van der Waals surface area contributed by atoms with Crippen LogP contribution in [-0.2, 0) is 0 Å². The fraction of sp³-hybridized carbons (Fsp3) is 0.679. The van der Waals surface area contributed by atoms with Crippen LogP contribution in [0.2, 0.25) is 0 Å². The molecule has 0 saturated heterocycles. The molecule has 1 aromatic rings. The number of allylic oxidation sites excluding steroid dienone is 1. The van der Waals surface area contributed by atoms with Gasteiger partial charge < -0.3 is 25.0 Å². The van der Waals surface area contributed by atoms with Crippen molar-refractivity contribution < 1.29 is 24.5 Å². The van der Waals surface area contributed by atoms with Crippen LogP contribution in [0.4, 0.5) is 0 Å². The highest BCUT2D eigenvalue weighted by molar-refractivity contribution is 5.94. The summed E-state index contributed by atoms with van der Waals surface area (Å²) in [4.78, 5) is 11.4. The maximum Gasteiger partial charge on any atom is 0.251 e. The van der Waals surface area contributed by atoms with Crippen molar-refractivity contribution in [3.8, 4) is 11.5 Å². The maximum atomic E-state index is 11.4. The number of hydrogen-bond donors (Lipinski definition) is 3. The smallest absolute Gasteiger partial charge is 0.251 e. The molecule has 3 saturated carbocycles. The molecule has 3 fully saturated rings. The molecule has 1 aliphatic heterocycles. The van der Waals surface area contributed by atoms with Crippen LogP contribution in [-0.4, -0.2) is 41.7 Å². The van der Waals surface area contributed by atoms with Gasteiger partial charge >= 0.3 is 0 Å². The minimum atomic E-state index is -0.329. The Bertz CT molecular complexity index is 916. The van der Waals surface area contributed by atoms with Crippen LogP contribution < -0.4 is 14.8 Å². The first-order valence-electron chi connectivity index (χ1n) is 12.9. The van der Waals surface area contributed by atoms with Gasteiger partial charge in [0, 0.05) is 12.1 Å². The van der Waals surface area contributed by atoms with Crippen LogP contribution >= 0.6 is 0 Å². The van der Waals surface area contributed by atoms with E-state index in [2.05, 4.69) is 25.7 Å². The summed E-state index contributed by atoms with van der Waals surface area (Å²) in [6.07, 6.45) is 7.99. The van der Waals surface area contributed by atoms with Crippen molar-refractivity contribution in [2.45, 2.75) is 84.3 Å². The topological polar surface area (TPSA) is 88.0 Å². The highest BCUT2D eigenvalue weighted by atomic mass is 16.7. The molecule has 4 aliphatic rings. The molecule has 1 aromatic carbocycles. The van der Waals surface area contributed by atoms with Crippen molar-refractivity contribution in [3.63, 3.8) is 0 Å². The van der Waals surface area contributed by atoms with E-state index in [1.807, 2.05) is 6.92 Å². The van der Waals surface area contributed by atoms with E-state index in [4.69, 9.17) is 9.47 Å². The maximum absolute atomic E-state index is 11.4. The first-order chi connectivity index (χ1) is 16.2. The van der Waals surface area contributed by atoms with E-state index < -0.39 is 0 Å². The Labute approximate surface area is 203 Å². The summed E-state index contributed by atoms with van der Waals surface area (Å²) in [5, 5.41) is 23.0. The number of rotatable bonds is 3. The SMILES string of the molecule is C=C1CCC2CC(C3(C)CCC(O)CC3O)CCC12C.CCNC(=O)c1ccc2c(c1)OCO2. The number of aliphatic hydroxyl groups is 2. The van der Waals surface area contributed by atoms with E-state index in [1.165, 1.54) is 37.7 Å². The normalized spacial score (nSPS) is 36.3. The van der Waals surface area contributed by atoms with Gasteiger partial charge in [0.1, 0.15) is 0 Å². The summed E-state index contributed by atoms with van der Waals surface area (Å²) in [6.45, 7) is 11.7. The Morgan fingerprint density at radius 1 is 1.09 bits per heavy atom. The molecule has 6 atom stereocenters. The molecule has 0 spiro atoms. The van der Waals surface area contributed by atoms with E-state index in [1.54, 1.807) is 18.2 Å². The summed E-state index contributed by atoms with van der Waals surface area (Å²) in [5.41, 5.74) is 2.44. The van der Waals surface area contributed by atoms with Crippen molar-refractivity contribution in [2.24, 2.45) is 22.7 Å². The van der Waals surface area contributed by atoms with Crippen molar-refractivity contribution in [1.82, 2.24) is 5.32 Å². The fourth-order valence-corrected chi connectivity index (χ4v) is 6.60. The molecule has 34 heavy (non-hydrogen) atoms. The Balaban J connectivity index is 0.000000172. The zero-order valence-corrected chi connectivity index (χ0v) is 20.9. The molecule has 5 rings (SSSR count). The second-order valence-corrected chi connectivity index (χ2v) is 11.1. The number of hydrogen-bond acceptors (Lipinski definition) is 5. The quantitative estimate of drug-likeness (QED) is 0.549. The zero-order valence-electron chi connectivity index (χ0n) is 20.9. The highest BCUT2D eigenvalue weighted by Crippen LogP contribution is 2.60. The van der Waals surface area contributed by atoms with Gasteiger partial charge in [-0.05, 0) is 99.2 Å². The second kappa shape index (κ2) is 9.90. The molecule has 3 N–H and O–H groups in total. The second-order valence-electron chi connectivity index (χ2n) is 11.1. The van der Waals surface area contributed by atoms with Crippen molar-refractivity contribution in [3.05, 3.63) is 35.9 Å². The van der Waals surface area contributed by atoms with Gasteiger partial charge in [0.2, 0.25) is 6.79 Å². The lowest BCUT2D eigenvalue weighted by Gasteiger charge is -2.51. The van der Waals surface area contributed by atoms with Gasteiger partial charge in [-0.3, -0.25) is 4.79 Å². The molecule has 188 valence electrons. The zero-order chi connectivity index (χ0) is 24.5. The van der Waals surface area contributed by atoms with Crippen LogP contribution in [0, 0.1) is 22.7 Å². The van der Waals surface area contributed by atoms with Gasteiger partial charge in [0.15, 0.2) is 11.5 Å². The van der Waals surface area contributed by atoms with Crippen molar-refractivity contribution in [1.29, 1.82) is 0 Å². The van der Waals surface area contributed by atoms with Gasteiger partial charge in [0.25, 0.3) is 5.91 Å². The van der Waals surface area contributed by atoms with Crippen LogP contribution in [0.15, 0.2) is 30.4 Å². The summed E-state index contributed by atoms with van der Waals surface area (Å²) in [5.74, 6) is 2.62. The molecule has 1 heterocycles. The summed E-state index contributed by atoms with van der Waals surface area (Å²) < 4.78 is 10.3. The monoisotopic (exact) mass is 471 g/mol. The average molecular weight is 472 g/mol. The predicted octanol–water partition coefficient (Wildman–Crippen LogP) is 4.84. The number of carbonyl (C=O) groups excluding carboxylic acids is 1. The van der Waals surface area contributed by atoms with Gasteiger partial charge in [-0.15, -0.1) is 0 Å². The summed E-state index contributed by atoms with van der Waals surface area (Å²) in [6, 6.07) is 5.15. The van der Waals surface area contributed by atoms with Gasteiger partial charge in [0.05, 0.1) is 12.2 Å². The third-order valence-electron chi connectivity index (χ3n) is 9.26. The van der Waals surface area contributed by atoms with Crippen LogP contribution in [0.5, 0.6) is 11.5 Å². The predicted molar refractivity (Wildman–Crippen MR) is 132 cm³/mol. The first kappa shape index (κ1) is 25.1. The van der Waals surface area contributed by atoms with Crippen molar-refractivity contribution in [2.75, 3.05) is 13.3 Å². The van der Waals surface area contributed by atoms with E-state index in [0.29, 0.717) is 41.4 Å². The number of fused-ring (bicyclic) bond motifs is 2. The molecular weight excluding hydrogens is 430 g/mol. The Kier molecular flexibility index (Phi) is 7.30. The summed E-state index contributed by atoms with van der Waals surface area (Å²) in [7, 11) is 0. The molecule has 1 amide bonds. The Hall–Kier alpha value is -2.05. The molecular formula is C28H41NO5. The molecule has 6 unspecified atom stereocenters. The van der Waals surface area contributed by atoms with Crippen LogP contribution in [0.25, 0.3) is 0 Å². The minimum absolute atomic E-state index is 0.0183. The number of amides is 1. The average Bonchev–Trinajstić information content (AvgIpc) is 3.40. The number of carbonyl (C=O) groups is 1. The van der Waals surface area contributed by atoms with Crippen molar-refractivity contribution >= 4 is 5.91 Å². The number of nitrogens with one attached hydrogen (secondary N) is 1. The van der Waals surface area contributed by atoms with Crippen LogP contribution in [0.3, 0.4) is 0 Å². The molecule has 3 aliphatic carbocycles. The molecule has 0 bridgehead atoms. The highest BCUT2D eigenvalue weighted by Gasteiger charge is 2.51. The van der Waals surface area contributed by atoms with Crippen LogP contribution in [0.1, 0.15) is 82.5 Å².